The average Bonchev–Trinajstić information content (AvgIpc) is 2.89. The number of aliphatic hydroxyl groups is 1. The van der Waals surface area contributed by atoms with Crippen molar-refractivity contribution < 1.29 is 19.7 Å². The summed E-state index contributed by atoms with van der Waals surface area (Å²) in [5.74, 6) is 0.636. The van der Waals surface area contributed by atoms with E-state index in [-0.39, 0.29) is 11.7 Å². The van der Waals surface area contributed by atoms with Crippen LogP contribution < -0.4 is 4.74 Å². The molecule has 1 fully saturated rings. The third-order valence-electron chi connectivity index (χ3n) is 5.35. The highest BCUT2D eigenvalue weighted by molar-refractivity contribution is 5.94. The van der Waals surface area contributed by atoms with Gasteiger partial charge < -0.3 is 19.8 Å². The Balaban J connectivity index is 1.57. The number of aromatic hydroxyl groups is 1. The molecule has 1 aliphatic rings. The number of likely N-dealkylation sites (tertiary alicyclic amines) is 1. The van der Waals surface area contributed by atoms with E-state index in [9.17, 15) is 15.0 Å². The van der Waals surface area contributed by atoms with E-state index >= 15 is 0 Å². The molecular weight excluding hydrogens is 370 g/mol. The molecule has 0 unspecified atom stereocenters. The Labute approximate surface area is 171 Å². The van der Waals surface area contributed by atoms with Crippen molar-refractivity contribution >= 4 is 5.91 Å². The predicted octanol–water partition coefficient (Wildman–Crippen LogP) is 2.29. The summed E-state index contributed by atoms with van der Waals surface area (Å²) in [5.41, 5.74) is 0.679. The summed E-state index contributed by atoms with van der Waals surface area (Å²) in [6.45, 7) is 2.32. The van der Waals surface area contributed by atoms with Crippen LogP contribution >= 0.6 is 0 Å². The van der Waals surface area contributed by atoms with Crippen LogP contribution in [-0.2, 0) is 6.54 Å². The van der Waals surface area contributed by atoms with Crippen molar-refractivity contribution in [3.05, 3.63) is 53.9 Å². The molecule has 7 nitrogen and oxygen atoms in total. The fourth-order valence-electron chi connectivity index (χ4n) is 3.87. The molecule has 0 bridgehead atoms. The SMILES string of the molecule is COc1ccc(CN(C)C[C@@]2(O)CCCN(C(=O)c3cncc(O)c3)CC2)cc1. The molecule has 1 aliphatic heterocycles. The third-order valence-corrected chi connectivity index (χ3v) is 5.35. The number of likely N-dealkylation sites (N-methyl/N-ethyl adjacent to an activating group) is 1. The van der Waals surface area contributed by atoms with Crippen molar-refractivity contribution in [2.24, 2.45) is 0 Å². The second-order valence-electron chi connectivity index (χ2n) is 7.82. The first-order valence-corrected chi connectivity index (χ1v) is 9.86. The molecule has 1 atom stereocenters. The minimum atomic E-state index is -0.840. The van der Waals surface area contributed by atoms with Crippen molar-refractivity contribution in [3.8, 4) is 11.5 Å². The van der Waals surface area contributed by atoms with Gasteiger partial charge in [-0.25, -0.2) is 0 Å². The van der Waals surface area contributed by atoms with Crippen LogP contribution in [0, 0.1) is 0 Å². The van der Waals surface area contributed by atoms with Crippen LogP contribution in [0.3, 0.4) is 0 Å². The lowest BCUT2D eigenvalue weighted by atomic mass is 9.94. The second kappa shape index (κ2) is 9.24. The summed E-state index contributed by atoms with van der Waals surface area (Å²) in [4.78, 5) is 20.4. The maximum Gasteiger partial charge on any atom is 0.255 e. The van der Waals surface area contributed by atoms with Crippen LogP contribution in [-0.4, -0.2) is 70.3 Å². The van der Waals surface area contributed by atoms with Crippen LogP contribution in [0.2, 0.25) is 0 Å². The van der Waals surface area contributed by atoms with E-state index in [1.165, 1.54) is 18.5 Å². The third kappa shape index (κ3) is 5.68. The minimum absolute atomic E-state index is 0.0256. The quantitative estimate of drug-likeness (QED) is 0.775. The van der Waals surface area contributed by atoms with Gasteiger partial charge in [-0.05, 0) is 50.1 Å². The smallest absolute Gasteiger partial charge is 0.255 e. The number of amides is 1. The molecule has 0 aliphatic carbocycles. The fourth-order valence-corrected chi connectivity index (χ4v) is 3.87. The lowest BCUT2D eigenvalue weighted by Crippen LogP contribution is -2.42. The van der Waals surface area contributed by atoms with Gasteiger partial charge in [0.2, 0.25) is 0 Å². The van der Waals surface area contributed by atoms with Gasteiger partial charge in [0.05, 0.1) is 24.5 Å². The minimum Gasteiger partial charge on any atom is -0.506 e. The van der Waals surface area contributed by atoms with E-state index in [1.807, 2.05) is 31.3 Å². The molecule has 0 spiro atoms. The molecule has 2 N–H and O–H groups in total. The van der Waals surface area contributed by atoms with Gasteiger partial charge in [0, 0.05) is 32.4 Å². The number of methoxy groups -OCH3 is 1. The van der Waals surface area contributed by atoms with Gasteiger partial charge in [0.15, 0.2) is 0 Å². The Morgan fingerprint density at radius 3 is 2.69 bits per heavy atom. The Kier molecular flexibility index (Phi) is 6.71. The molecule has 7 heteroatoms. The van der Waals surface area contributed by atoms with E-state index in [2.05, 4.69) is 9.88 Å². The van der Waals surface area contributed by atoms with Gasteiger partial charge in [-0.2, -0.15) is 0 Å². The maximum atomic E-state index is 12.7. The number of nitrogens with zero attached hydrogens (tertiary/aromatic N) is 3. The molecule has 156 valence electrons. The van der Waals surface area contributed by atoms with Gasteiger partial charge in [-0.15, -0.1) is 0 Å². The summed E-state index contributed by atoms with van der Waals surface area (Å²) in [5, 5.41) is 20.7. The first-order chi connectivity index (χ1) is 13.9. The maximum absolute atomic E-state index is 12.7. The fraction of sp³-hybridized carbons (Fsp3) is 0.455. The zero-order valence-electron chi connectivity index (χ0n) is 17.0. The zero-order valence-corrected chi connectivity index (χ0v) is 17.0. The molecular formula is C22H29N3O4. The molecule has 1 saturated heterocycles. The standard InChI is InChI=1S/C22H29N3O4/c1-24(15-17-4-6-20(29-2)7-5-17)16-22(28)8-3-10-25(11-9-22)21(27)18-12-19(26)14-23-13-18/h4-7,12-14,26,28H,3,8-11,15-16H2,1-2H3/t22-/m1/s1. The van der Waals surface area contributed by atoms with Crippen molar-refractivity contribution in [3.63, 3.8) is 0 Å². The molecule has 29 heavy (non-hydrogen) atoms. The lowest BCUT2D eigenvalue weighted by molar-refractivity contribution is -0.00401. The average molecular weight is 399 g/mol. The first kappa shape index (κ1) is 21.1. The zero-order chi connectivity index (χ0) is 20.9. The summed E-state index contributed by atoms with van der Waals surface area (Å²) >= 11 is 0. The van der Waals surface area contributed by atoms with Crippen molar-refractivity contribution in [2.45, 2.75) is 31.4 Å². The van der Waals surface area contributed by atoms with Crippen LogP contribution in [0.5, 0.6) is 11.5 Å². The van der Waals surface area contributed by atoms with Crippen LogP contribution in [0.1, 0.15) is 35.2 Å². The number of carbonyl (C=O) groups is 1. The summed E-state index contributed by atoms with van der Waals surface area (Å²) in [6, 6.07) is 9.34. The van der Waals surface area contributed by atoms with E-state index in [0.717, 1.165) is 24.3 Å². The van der Waals surface area contributed by atoms with Gasteiger partial charge in [0.1, 0.15) is 11.5 Å². The number of benzene rings is 1. The summed E-state index contributed by atoms with van der Waals surface area (Å²) < 4.78 is 5.19. The van der Waals surface area contributed by atoms with Gasteiger partial charge >= 0.3 is 0 Å². The monoisotopic (exact) mass is 399 g/mol. The Morgan fingerprint density at radius 1 is 1.24 bits per heavy atom. The number of aromatic nitrogens is 1. The number of ether oxygens (including phenoxy) is 1. The molecule has 1 aromatic carbocycles. The Morgan fingerprint density at radius 2 is 2.00 bits per heavy atom. The van der Waals surface area contributed by atoms with E-state index in [4.69, 9.17) is 4.74 Å². The topological polar surface area (TPSA) is 86.1 Å². The predicted molar refractivity (Wildman–Crippen MR) is 110 cm³/mol. The van der Waals surface area contributed by atoms with Crippen LogP contribution in [0.4, 0.5) is 0 Å². The number of pyridine rings is 1. The molecule has 0 saturated carbocycles. The van der Waals surface area contributed by atoms with E-state index < -0.39 is 5.60 Å². The highest BCUT2D eigenvalue weighted by atomic mass is 16.5. The van der Waals surface area contributed by atoms with E-state index in [0.29, 0.717) is 38.0 Å². The number of hydrogen-bond donors (Lipinski definition) is 2. The van der Waals surface area contributed by atoms with Gasteiger partial charge in [-0.3, -0.25) is 14.7 Å². The molecule has 1 aromatic heterocycles. The molecule has 1 amide bonds. The second-order valence-corrected chi connectivity index (χ2v) is 7.82. The van der Waals surface area contributed by atoms with Crippen molar-refractivity contribution in [1.82, 2.24) is 14.8 Å². The first-order valence-electron chi connectivity index (χ1n) is 9.86. The molecule has 2 heterocycles. The van der Waals surface area contributed by atoms with Gasteiger partial charge in [0.25, 0.3) is 5.91 Å². The largest absolute Gasteiger partial charge is 0.506 e. The number of rotatable bonds is 6. The summed E-state index contributed by atoms with van der Waals surface area (Å²) in [7, 11) is 3.64. The van der Waals surface area contributed by atoms with Gasteiger partial charge in [-0.1, -0.05) is 12.1 Å². The van der Waals surface area contributed by atoms with Crippen LogP contribution in [0.15, 0.2) is 42.7 Å². The highest BCUT2D eigenvalue weighted by Gasteiger charge is 2.33. The van der Waals surface area contributed by atoms with Crippen molar-refractivity contribution in [2.75, 3.05) is 33.8 Å². The molecule has 0 radical (unpaired) electrons. The molecule has 2 aromatic rings. The number of carbonyl (C=O) groups excluding carboxylic acids is 1. The Bertz CT molecular complexity index is 827. The van der Waals surface area contributed by atoms with E-state index in [1.54, 1.807) is 12.0 Å². The normalized spacial score (nSPS) is 19.8. The van der Waals surface area contributed by atoms with Crippen LogP contribution in [0.25, 0.3) is 0 Å². The highest BCUT2D eigenvalue weighted by Crippen LogP contribution is 2.25. The molecule has 3 rings (SSSR count). The summed E-state index contributed by atoms with van der Waals surface area (Å²) in [6.07, 6.45) is 4.64. The lowest BCUT2D eigenvalue weighted by Gasteiger charge is -2.31. The van der Waals surface area contributed by atoms with Crippen molar-refractivity contribution in [1.29, 1.82) is 0 Å². The Hall–Kier alpha value is -2.64. The number of hydrogen-bond acceptors (Lipinski definition) is 6.